The zero-order chi connectivity index (χ0) is 21.0. The van der Waals surface area contributed by atoms with E-state index in [0.29, 0.717) is 10.6 Å². The molecule has 1 aliphatic carbocycles. The molecule has 1 aliphatic rings. The monoisotopic (exact) mass is 439 g/mol. The fourth-order valence-corrected chi connectivity index (χ4v) is 5.89. The molecule has 156 valence electrons. The lowest BCUT2D eigenvalue weighted by molar-refractivity contribution is -0.116. The number of rotatable bonds is 8. The SMILES string of the molecule is CCOC(=O)c1c(NC(=O)CCCS(=O)(=O)c2ccc(F)cc2)sc2c1CCC2. The van der Waals surface area contributed by atoms with Crippen molar-refractivity contribution in [2.24, 2.45) is 0 Å². The molecule has 3 rings (SSSR count). The summed E-state index contributed by atoms with van der Waals surface area (Å²) < 4.78 is 42.6. The van der Waals surface area contributed by atoms with E-state index >= 15 is 0 Å². The molecule has 1 aromatic carbocycles. The number of ether oxygens (including phenoxy) is 1. The second-order valence-electron chi connectivity index (χ2n) is 6.71. The topological polar surface area (TPSA) is 89.5 Å². The lowest BCUT2D eigenvalue weighted by Crippen LogP contribution is -2.16. The van der Waals surface area contributed by atoms with E-state index in [1.54, 1.807) is 6.92 Å². The number of carbonyl (C=O) groups excluding carboxylic acids is 2. The fraction of sp³-hybridized carbons (Fsp3) is 0.400. The molecule has 0 atom stereocenters. The summed E-state index contributed by atoms with van der Waals surface area (Å²) in [5.41, 5.74) is 1.37. The van der Waals surface area contributed by atoms with Gasteiger partial charge in [0.25, 0.3) is 0 Å². The van der Waals surface area contributed by atoms with Crippen LogP contribution in [-0.2, 0) is 32.2 Å². The van der Waals surface area contributed by atoms with Crippen LogP contribution in [0.3, 0.4) is 0 Å². The third-order valence-electron chi connectivity index (χ3n) is 4.64. The lowest BCUT2D eigenvalue weighted by atomic mass is 10.1. The second kappa shape index (κ2) is 9.04. The summed E-state index contributed by atoms with van der Waals surface area (Å²) in [6.45, 7) is 1.97. The Bertz CT molecular complexity index is 1010. The first-order chi connectivity index (χ1) is 13.8. The van der Waals surface area contributed by atoms with Crippen molar-refractivity contribution in [3.63, 3.8) is 0 Å². The summed E-state index contributed by atoms with van der Waals surface area (Å²) >= 11 is 1.38. The van der Waals surface area contributed by atoms with E-state index in [9.17, 15) is 22.4 Å². The quantitative estimate of drug-likeness (QED) is 0.500. The van der Waals surface area contributed by atoms with Crippen LogP contribution in [0.4, 0.5) is 9.39 Å². The molecule has 0 saturated carbocycles. The van der Waals surface area contributed by atoms with Gasteiger partial charge in [-0.25, -0.2) is 17.6 Å². The maximum absolute atomic E-state index is 13.0. The van der Waals surface area contributed by atoms with Crippen molar-refractivity contribution in [1.82, 2.24) is 0 Å². The average molecular weight is 440 g/mol. The van der Waals surface area contributed by atoms with E-state index in [4.69, 9.17) is 4.74 Å². The highest BCUT2D eigenvalue weighted by atomic mass is 32.2. The minimum absolute atomic E-state index is 0.00867. The normalized spacial score (nSPS) is 13.2. The van der Waals surface area contributed by atoms with Gasteiger partial charge in [-0.3, -0.25) is 4.79 Å². The highest BCUT2D eigenvalue weighted by Crippen LogP contribution is 2.39. The maximum atomic E-state index is 13.0. The Kier molecular flexibility index (Phi) is 6.69. The number of amides is 1. The molecule has 0 aliphatic heterocycles. The van der Waals surface area contributed by atoms with Crippen LogP contribution in [0.2, 0.25) is 0 Å². The van der Waals surface area contributed by atoms with E-state index in [0.717, 1.165) is 41.8 Å². The van der Waals surface area contributed by atoms with Crippen molar-refractivity contribution in [1.29, 1.82) is 0 Å². The summed E-state index contributed by atoms with van der Waals surface area (Å²) in [7, 11) is -3.59. The molecule has 0 radical (unpaired) electrons. The Morgan fingerprint density at radius 3 is 2.62 bits per heavy atom. The molecule has 1 amide bonds. The Hall–Kier alpha value is -2.26. The van der Waals surface area contributed by atoms with Crippen LogP contribution in [0, 0.1) is 5.82 Å². The van der Waals surface area contributed by atoms with E-state index in [2.05, 4.69) is 5.32 Å². The van der Waals surface area contributed by atoms with Gasteiger partial charge in [-0.15, -0.1) is 11.3 Å². The molecule has 1 aromatic heterocycles. The first kappa shape index (κ1) is 21.4. The lowest BCUT2D eigenvalue weighted by Gasteiger charge is -2.08. The highest BCUT2D eigenvalue weighted by molar-refractivity contribution is 7.91. The Balaban J connectivity index is 1.61. The van der Waals surface area contributed by atoms with Crippen molar-refractivity contribution >= 4 is 38.1 Å². The molecule has 1 heterocycles. The Morgan fingerprint density at radius 1 is 1.21 bits per heavy atom. The van der Waals surface area contributed by atoms with E-state index < -0.39 is 21.6 Å². The van der Waals surface area contributed by atoms with Gasteiger partial charge in [-0.1, -0.05) is 0 Å². The van der Waals surface area contributed by atoms with Crippen LogP contribution in [0.25, 0.3) is 0 Å². The molecule has 0 saturated heterocycles. The van der Waals surface area contributed by atoms with Gasteiger partial charge in [0, 0.05) is 11.3 Å². The molecular weight excluding hydrogens is 417 g/mol. The molecule has 0 fully saturated rings. The van der Waals surface area contributed by atoms with Gasteiger partial charge in [-0.2, -0.15) is 0 Å². The molecule has 29 heavy (non-hydrogen) atoms. The highest BCUT2D eigenvalue weighted by Gasteiger charge is 2.28. The number of fused-ring (bicyclic) bond motifs is 1. The van der Waals surface area contributed by atoms with Crippen LogP contribution in [0.15, 0.2) is 29.2 Å². The number of nitrogens with one attached hydrogen (secondary N) is 1. The molecule has 2 aromatic rings. The molecular formula is C20H22FNO5S2. The summed E-state index contributed by atoms with van der Waals surface area (Å²) in [6.07, 6.45) is 2.74. The van der Waals surface area contributed by atoms with Crippen molar-refractivity contribution in [2.45, 2.75) is 43.9 Å². The standard InChI is InChI=1S/C20H22FNO5S2/c1-2-27-20(24)18-15-5-3-6-16(15)28-19(18)22-17(23)7-4-12-29(25,26)14-10-8-13(21)9-11-14/h8-11H,2-7,12H2,1H3,(H,22,23). The second-order valence-corrected chi connectivity index (χ2v) is 9.92. The first-order valence-corrected chi connectivity index (χ1v) is 11.9. The molecule has 0 unspecified atom stereocenters. The number of anilines is 1. The van der Waals surface area contributed by atoms with Gasteiger partial charge in [-0.05, 0) is 62.4 Å². The number of aryl methyl sites for hydroxylation is 1. The summed E-state index contributed by atoms with van der Waals surface area (Å²) in [5.74, 6) is -1.54. The summed E-state index contributed by atoms with van der Waals surface area (Å²) in [5, 5.41) is 3.22. The van der Waals surface area contributed by atoms with Gasteiger partial charge in [0.1, 0.15) is 10.8 Å². The van der Waals surface area contributed by atoms with Gasteiger partial charge in [0.2, 0.25) is 5.91 Å². The molecule has 1 N–H and O–H groups in total. The average Bonchev–Trinajstić information content (AvgIpc) is 3.22. The smallest absolute Gasteiger partial charge is 0.341 e. The minimum Gasteiger partial charge on any atom is -0.462 e. The van der Waals surface area contributed by atoms with Crippen molar-refractivity contribution in [3.05, 3.63) is 46.1 Å². The van der Waals surface area contributed by atoms with Gasteiger partial charge >= 0.3 is 5.97 Å². The zero-order valence-electron chi connectivity index (χ0n) is 16.0. The maximum Gasteiger partial charge on any atom is 0.341 e. The number of benzene rings is 1. The van der Waals surface area contributed by atoms with Crippen LogP contribution in [-0.4, -0.2) is 32.7 Å². The van der Waals surface area contributed by atoms with Crippen molar-refractivity contribution < 1.29 is 27.1 Å². The molecule has 6 nitrogen and oxygen atoms in total. The van der Waals surface area contributed by atoms with Gasteiger partial charge in [0.05, 0.1) is 22.8 Å². The van der Waals surface area contributed by atoms with Crippen LogP contribution in [0.5, 0.6) is 0 Å². The Morgan fingerprint density at radius 2 is 1.93 bits per heavy atom. The number of esters is 1. The van der Waals surface area contributed by atoms with Crippen LogP contribution in [0.1, 0.15) is 47.0 Å². The van der Waals surface area contributed by atoms with Crippen LogP contribution < -0.4 is 5.32 Å². The minimum atomic E-state index is -3.59. The van der Waals surface area contributed by atoms with Gasteiger partial charge < -0.3 is 10.1 Å². The van der Waals surface area contributed by atoms with Crippen molar-refractivity contribution in [3.8, 4) is 0 Å². The largest absolute Gasteiger partial charge is 0.462 e. The summed E-state index contributed by atoms with van der Waals surface area (Å²) in [6, 6.07) is 4.60. The number of thiophene rings is 1. The van der Waals surface area contributed by atoms with Crippen LogP contribution >= 0.6 is 11.3 Å². The van der Waals surface area contributed by atoms with E-state index in [1.807, 2.05) is 0 Å². The predicted octanol–water partition coefficient (Wildman–Crippen LogP) is 3.75. The number of halogens is 1. The third-order valence-corrected chi connectivity index (χ3v) is 7.67. The number of hydrogen-bond acceptors (Lipinski definition) is 6. The fourth-order valence-electron chi connectivity index (χ4n) is 3.28. The Labute approximate surface area is 173 Å². The van der Waals surface area contributed by atoms with Crippen molar-refractivity contribution in [2.75, 3.05) is 17.7 Å². The first-order valence-electron chi connectivity index (χ1n) is 9.41. The number of hydrogen-bond donors (Lipinski definition) is 1. The number of carbonyl (C=O) groups is 2. The summed E-state index contributed by atoms with van der Waals surface area (Å²) in [4.78, 5) is 25.8. The molecule has 0 spiro atoms. The molecule has 9 heteroatoms. The molecule has 0 bridgehead atoms. The third kappa shape index (κ3) is 5.02. The van der Waals surface area contributed by atoms with E-state index in [-0.39, 0.29) is 36.0 Å². The van der Waals surface area contributed by atoms with Gasteiger partial charge in [0.15, 0.2) is 9.84 Å². The predicted molar refractivity (Wildman–Crippen MR) is 109 cm³/mol. The van der Waals surface area contributed by atoms with E-state index in [1.165, 1.54) is 23.5 Å². The zero-order valence-corrected chi connectivity index (χ0v) is 17.6. The number of sulfone groups is 1.